The molecule has 2 N–H and O–H groups in total. The molecule has 17 heavy (non-hydrogen) atoms. The van der Waals surface area contributed by atoms with Crippen LogP contribution in [0.2, 0.25) is 0 Å². The van der Waals surface area contributed by atoms with Crippen molar-refractivity contribution >= 4 is 5.82 Å². The van der Waals surface area contributed by atoms with E-state index < -0.39 is 0 Å². The fourth-order valence-electron chi connectivity index (χ4n) is 1.87. The molecule has 1 aromatic heterocycles. The highest BCUT2D eigenvalue weighted by atomic mass is 16.5. The molecule has 1 aliphatic rings. The van der Waals surface area contributed by atoms with Crippen molar-refractivity contribution in [3.05, 3.63) is 22.7 Å². The molecular formula is C11H18N4O2. The van der Waals surface area contributed by atoms with E-state index in [1.54, 1.807) is 0 Å². The highest BCUT2D eigenvalue weighted by Gasteiger charge is 2.18. The van der Waals surface area contributed by atoms with Gasteiger partial charge in [0.15, 0.2) is 0 Å². The lowest BCUT2D eigenvalue weighted by Gasteiger charge is -2.32. The Balaban J connectivity index is 1.83. The summed E-state index contributed by atoms with van der Waals surface area (Å²) in [5.74, 6) is 0.589. The van der Waals surface area contributed by atoms with Crippen molar-refractivity contribution in [3.63, 3.8) is 0 Å². The van der Waals surface area contributed by atoms with Gasteiger partial charge in [-0.05, 0) is 6.54 Å². The molecule has 2 rings (SSSR count). The maximum atomic E-state index is 11.1. The molecule has 6 heteroatoms. The molecule has 1 atom stereocenters. The van der Waals surface area contributed by atoms with Gasteiger partial charge in [0, 0.05) is 25.7 Å². The summed E-state index contributed by atoms with van der Waals surface area (Å²) in [5, 5.41) is 3.12. The first kappa shape index (κ1) is 12.1. The highest BCUT2D eigenvalue weighted by Crippen LogP contribution is 2.05. The Labute approximate surface area is 100 Å². The second-order valence-electron chi connectivity index (χ2n) is 4.06. The Morgan fingerprint density at radius 1 is 1.71 bits per heavy atom. The van der Waals surface area contributed by atoms with E-state index >= 15 is 0 Å². The smallest absolute Gasteiger partial charge is 0.252 e. The SMILES string of the molecule is CCN1CCOC(CNc2cc(=O)[nH]cn2)C1. The largest absolute Gasteiger partial charge is 0.374 e. The Morgan fingerprint density at radius 2 is 2.59 bits per heavy atom. The second-order valence-corrected chi connectivity index (χ2v) is 4.06. The molecule has 1 aliphatic heterocycles. The van der Waals surface area contributed by atoms with E-state index in [0.29, 0.717) is 12.4 Å². The van der Waals surface area contributed by atoms with Crippen LogP contribution in [-0.4, -0.2) is 53.8 Å². The Bertz CT molecular complexity index is 406. The van der Waals surface area contributed by atoms with E-state index in [-0.39, 0.29) is 11.7 Å². The number of aromatic amines is 1. The van der Waals surface area contributed by atoms with Gasteiger partial charge in [0.1, 0.15) is 5.82 Å². The van der Waals surface area contributed by atoms with Gasteiger partial charge >= 0.3 is 0 Å². The molecule has 2 heterocycles. The van der Waals surface area contributed by atoms with Crippen LogP contribution in [0, 0.1) is 0 Å². The number of anilines is 1. The number of nitrogens with one attached hydrogen (secondary N) is 2. The van der Waals surface area contributed by atoms with Crippen molar-refractivity contribution < 1.29 is 4.74 Å². The van der Waals surface area contributed by atoms with Gasteiger partial charge in [0.05, 0.1) is 19.0 Å². The quantitative estimate of drug-likeness (QED) is 0.766. The standard InChI is InChI=1S/C11H18N4O2/c1-2-15-3-4-17-9(7-15)6-12-10-5-11(16)14-8-13-10/h5,8-9H,2-4,6-7H2,1H3,(H2,12,13,14,16). The number of ether oxygens (including phenoxy) is 1. The third kappa shape index (κ3) is 3.54. The molecule has 1 saturated heterocycles. The fraction of sp³-hybridized carbons (Fsp3) is 0.636. The van der Waals surface area contributed by atoms with Crippen LogP contribution in [0.25, 0.3) is 0 Å². The highest BCUT2D eigenvalue weighted by molar-refractivity contribution is 5.31. The van der Waals surface area contributed by atoms with Crippen LogP contribution in [0.3, 0.4) is 0 Å². The third-order valence-electron chi connectivity index (χ3n) is 2.86. The zero-order valence-electron chi connectivity index (χ0n) is 9.98. The van der Waals surface area contributed by atoms with Crippen LogP contribution in [0.15, 0.2) is 17.2 Å². The van der Waals surface area contributed by atoms with Crippen molar-refractivity contribution in [2.75, 3.05) is 38.1 Å². The number of morpholine rings is 1. The minimum Gasteiger partial charge on any atom is -0.374 e. The molecule has 0 bridgehead atoms. The maximum Gasteiger partial charge on any atom is 0.252 e. The number of hydrogen-bond acceptors (Lipinski definition) is 5. The Kier molecular flexibility index (Phi) is 4.11. The number of aromatic nitrogens is 2. The van der Waals surface area contributed by atoms with Crippen LogP contribution in [0.5, 0.6) is 0 Å². The van der Waals surface area contributed by atoms with E-state index in [0.717, 1.165) is 26.2 Å². The van der Waals surface area contributed by atoms with Crippen LogP contribution >= 0.6 is 0 Å². The number of hydrogen-bond donors (Lipinski definition) is 2. The van der Waals surface area contributed by atoms with E-state index in [4.69, 9.17) is 4.74 Å². The minimum atomic E-state index is -0.151. The predicted molar refractivity (Wildman–Crippen MR) is 65.2 cm³/mol. The summed E-state index contributed by atoms with van der Waals surface area (Å²) in [7, 11) is 0. The molecule has 1 aromatic rings. The monoisotopic (exact) mass is 238 g/mol. The van der Waals surface area contributed by atoms with Crippen molar-refractivity contribution in [2.24, 2.45) is 0 Å². The molecule has 0 spiro atoms. The average Bonchev–Trinajstić information content (AvgIpc) is 2.37. The average molecular weight is 238 g/mol. The zero-order valence-corrected chi connectivity index (χ0v) is 9.98. The maximum absolute atomic E-state index is 11.1. The molecule has 0 aliphatic carbocycles. The van der Waals surface area contributed by atoms with Crippen molar-refractivity contribution in [1.82, 2.24) is 14.9 Å². The summed E-state index contributed by atoms with van der Waals surface area (Å²) >= 11 is 0. The first-order chi connectivity index (χ1) is 8.28. The lowest BCUT2D eigenvalue weighted by molar-refractivity contribution is -0.0192. The summed E-state index contributed by atoms with van der Waals surface area (Å²) in [6.45, 7) is 6.55. The molecule has 94 valence electrons. The van der Waals surface area contributed by atoms with Gasteiger partial charge in [-0.25, -0.2) is 4.98 Å². The van der Waals surface area contributed by atoms with Crippen LogP contribution in [0.4, 0.5) is 5.82 Å². The van der Waals surface area contributed by atoms with Gasteiger partial charge in [-0.15, -0.1) is 0 Å². The molecule has 0 aromatic carbocycles. The van der Waals surface area contributed by atoms with Crippen molar-refractivity contribution in [3.8, 4) is 0 Å². The van der Waals surface area contributed by atoms with Crippen molar-refractivity contribution in [1.29, 1.82) is 0 Å². The van der Waals surface area contributed by atoms with E-state index in [1.807, 2.05) is 0 Å². The zero-order chi connectivity index (χ0) is 12.1. The lowest BCUT2D eigenvalue weighted by atomic mass is 10.2. The van der Waals surface area contributed by atoms with Gasteiger partial charge < -0.3 is 15.0 Å². The molecule has 0 radical (unpaired) electrons. The summed E-state index contributed by atoms with van der Waals surface area (Å²) in [6.07, 6.45) is 1.55. The molecule has 1 fully saturated rings. The van der Waals surface area contributed by atoms with Crippen LogP contribution in [0.1, 0.15) is 6.92 Å². The third-order valence-corrected chi connectivity index (χ3v) is 2.86. The van der Waals surface area contributed by atoms with E-state index in [9.17, 15) is 4.79 Å². The summed E-state index contributed by atoms with van der Waals surface area (Å²) in [5.41, 5.74) is -0.151. The molecule has 1 unspecified atom stereocenters. The predicted octanol–water partition coefficient (Wildman–Crippen LogP) is -0.0975. The Morgan fingerprint density at radius 3 is 3.35 bits per heavy atom. The minimum absolute atomic E-state index is 0.151. The lowest BCUT2D eigenvalue weighted by Crippen LogP contribution is -2.45. The number of rotatable bonds is 4. The number of H-pyrrole nitrogens is 1. The number of likely N-dealkylation sites (N-methyl/N-ethyl adjacent to an activating group) is 1. The van der Waals surface area contributed by atoms with Gasteiger partial charge in [0.2, 0.25) is 0 Å². The van der Waals surface area contributed by atoms with Crippen molar-refractivity contribution in [2.45, 2.75) is 13.0 Å². The summed E-state index contributed by atoms with van der Waals surface area (Å²) < 4.78 is 5.64. The molecule has 0 saturated carbocycles. The molecule has 6 nitrogen and oxygen atoms in total. The normalized spacial score (nSPS) is 21.4. The molecule has 0 amide bonds. The first-order valence-corrected chi connectivity index (χ1v) is 5.90. The second kappa shape index (κ2) is 5.79. The number of nitrogens with zero attached hydrogens (tertiary/aromatic N) is 2. The Hall–Kier alpha value is -1.40. The topological polar surface area (TPSA) is 70.2 Å². The first-order valence-electron chi connectivity index (χ1n) is 5.90. The van der Waals surface area contributed by atoms with Crippen LogP contribution < -0.4 is 10.9 Å². The van der Waals surface area contributed by atoms with Gasteiger partial charge in [-0.2, -0.15) is 0 Å². The van der Waals surface area contributed by atoms with Gasteiger partial charge in [-0.1, -0.05) is 6.92 Å². The molecular weight excluding hydrogens is 220 g/mol. The van der Waals surface area contributed by atoms with Gasteiger partial charge in [0.25, 0.3) is 5.56 Å². The summed E-state index contributed by atoms with van der Waals surface area (Å²) in [4.78, 5) is 19.9. The van der Waals surface area contributed by atoms with Gasteiger partial charge in [-0.3, -0.25) is 9.69 Å². The fourth-order valence-corrected chi connectivity index (χ4v) is 1.87. The van der Waals surface area contributed by atoms with Crippen LogP contribution in [-0.2, 0) is 4.74 Å². The van der Waals surface area contributed by atoms with E-state index in [1.165, 1.54) is 12.4 Å². The summed E-state index contributed by atoms with van der Waals surface area (Å²) in [6, 6.07) is 1.44. The van der Waals surface area contributed by atoms with E-state index in [2.05, 4.69) is 27.1 Å².